The lowest BCUT2D eigenvalue weighted by molar-refractivity contribution is 0.0990. The lowest BCUT2D eigenvalue weighted by Gasteiger charge is -2.16. The molecule has 3 rings (SSSR count). The number of carbonyl (C=O) groups excluding carboxylic acids is 1. The van der Waals surface area contributed by atoms with Gasteiger partial charge in [-0.15, -0.1) is 0 Å². The molecule has 0 aliphatic heterocycles. The maximum absolute atomic E-state index is 13.3. The van der Waals surface area contributed by atoms with E-state index in [9.17, 15) is 9.18 Å². The van der Waals surface area contributed by atoms with Crippen LogP contribution in [0, 0.1) is 5.82 Å². The number of nitrogens with zero attached hydrogens (tertiary/aromatic N) is 2. The molecule has 3 N–H and O–H groups in total. The molecule has 1 amide bonds. The van der Waals surface area contributed by atoms with Crippen LogP contribution in [-0.2, 0) is 0 Å². The summed E-state index contributed by atoms with van der Waals surface area (Å²) in [7, 11) is 1.57. The second-order valence-electron chi connectivity index (χ2n) is 4.72. The molecule has 0 aliphatic carbocycles. The number of aromatic nitrogens is 2. The molecule has 1 aromatic heterocycles. The highest BCUT2D eigenvalue weighted by Gasteiger charge is 2.19. The standard InChI is InChI=1S/C15H13FN4O/c1-20(11-4-2-3-9(16)7-11)15(21)14-12-8-10(17)5-6-13(12)18-19-14/h2-8H,17H2,1H3,(H,18,19). The Labute approximate surface area is 120 Å². The van der Waals surface area contributed by atoms with Crippen molar-refractivity contribution in [2.24, 2.45) is 0 Å². The molecule has 106 valence electrons. The Morgan fingerprint density at radius 3 is 2.86 bits per heavy atom. The third kappa shape index (κ3) is 2.31. The van der Waals surface area contributed by atoms with E-state index in [-0.39, 0.29) is 11.6 Å². The van der Waals surface area contributed by atoms with E-state index in [1.54, 1.807) is 37.4 Å². The molecule has 0 radical (unpaired) electrons. The quantitative estimate of drug-likeness (QED) is 0.710. The third-order valence-corrected chi connectivity index (χ3v) is 3.29. The maximum atomic E-state index is 13.3. The second kappa shape index (κ2) is 4.90. The number of nitrogens with one attached hydrogen (secondary N) is 1. The van der Waals surface area contributed by atoms with Crippen LogP contribution < -0.4 is 10.6 Å². The van der Waals surface area contributed by atoms with Crippen molar-refractivity contribution in [2.75, 3.05) is 17.7 Å². The Morgan fingerprint density at radius 1 is 1.29 bits per heavy atom. The molecule has 1 heterocycles. The lowest BCUT2D eigenvalue weighted by atomic mass is 10.1. The normalized spacial score (nSPS) is 10.8. The zero-order valence-corrected chi connectivity index (χ0v) is 11.3. The predicted molar refractivity (Wildman–Crippen MR) is 79.6 cm³/mol. The van der Waals surface area contributed by atoms with Gasteiger partial charge in [0.1, 0.15) is 5.82 Å². The average molecular weight is 284 g/mol. The van der Waals surface area contributed by atoms with Crippen LogP contribution in [0.3, 0.4) is 0 Å². The molecule has 0 bridgehead atoms. The van der Waals surface area contributed by atoms with Crippen LogP contribution in [0.4, 0.5) is 15.8 Å². The van der Waals surface area contributed by atoms with Gasteiger partial charge < -0.3 is 10.6 Å². The average Bonchev–Trinajstić information content (AvgIpc) is 2.88. The molecule has 0 spiro atoms. The minimum absolute atomic E-state index is 0.254. The lowest BCUT2D eigenvalue weighted by Crippen LogP contribution is -2.26. The van der Waals surface area contributed by atoms with Crippen LogP contribution in [0.5, 0.6) is 0 Å². The highest BCUT2D eigenvalue weighted by molar-refractivity contribution is 6.12. The van der Waals surface area contributed by atoms with Crippen molar-refractivity contribution in [2.45, 2.75) is 0 Å². The van der Waals surface area contributed by atoms with Crippen LogP contribution in [0.2, 0.25) is 0 Å². The molecule has 6 heteroatoms. The zero-order chi connectivity index (χ0) is 15.0. The minimum atomic E-state index is -0.400. The summed E-state index contributed by atoms with van der Waals surface area (Å²) < 4.78 is 13.3. The molecule has 2 aromatic carbocycles. The van der Waals surface area contributed by atoms with Crippen molar-refractivity contribution < 1.29 is 9.18 Å². The van der Waals surface area contributed by atoms with Crippen molar-refractivity contribution >= 4 is 28.2 Å². The Hall–Kier alpha value is -2.89. The topological polar surface area (TPSA) is 75.0 Å². The highest BCUT2D eigenvalue weighted by atomic mass is 19.1. The van der Waals surface area contributed by atoms with E-state index in [2.05, 4.69) is 10.2 Å². The van der Waals surface area contributed by atoms with Gasteiger partial charge in [-0.2, -0.15) is 5.10 Å². The van der Waals surface area contributed by atoms with Gasteiger partial charge in [0.25, 0.3) is 5.91 Å². The van der Waals surface area contributed by atoms with Crippen LogP contribution >= 0.6 is 0 Å². The number of halogens is 1. The van der Waals surface area contributed by atoms with Crippen LogP contribution in [0.15, 0.2) is 42.5 Å². The van der Waals surface area contributed by atoms with Gasteiger partial charge in [0.15, 0.2) is 5.69 Å². The fraction of sp³-hybridized carbons (Fsp3) is 0.0667. The van der Waals surface area contributed by atoms with Crippen LogP contribution in [0.1, 0.15) is 10.5 Å². The Bertz CT molecular complexity index is 827. The number of aromatic amines is 1. The number of fused-ring (bicyclic) bond motifs is 1. The van der Waals surface area contributed by atoms with E-state index >= 15 is 0 Å². The summed E-state index contributed by atoms with van der Waals surface area (Å²) >= 11 is 0. The predicted octanol–water partition coefficient (Wildman–Crippen LogP) is 2.56. The molecule has 3 aromatic rings. The molecule has 0 saturated carbocycles. The first-order valence-electron chi connectivity index (χ1n) is 6.33. The molecule has 21 heavy (non-hydrogen) atoms. The monoisotopic (exact) mass is 284 g/mol. The zero-order valence-electron chi connectivity index (χ0n) is 11.3. The number of nitrogens with two attached hydrogens (primary N) is 1. The van der Waals surface area contributed by atoms with E-state index in [1.807, 2.05) is 0 Å². The van der Waals surface area contributed by atoms with E-state index < -0.39 is 5.82 Å². The van der Waals surface area contributed by atoms with E-state index in [0.29, 0.717) is 16.8 Å². The van der Waals surface area contributed by atoms with E-state index in [0.717, 1.165) is 5.52 Å². The molecule has 0 aliphatic rings. The summed E-state index contributed by atoms with van der Waals surface area (Å²) in [5, 5.41) is 7.47. The molecule has 0 saturated heterocycles. The van der Waals surface area contributed by atoms with Gasteiger partial charge in [-0.3, -0.25) is 9.89 Å². The number of hydrogen-bond acceptors (Lipinski definition) is 3. The van der Waals surface area contributed by atoms with Gasteiger partial charge in [-0.05, 0) is 36.4 Å². The summed E-state index contributed by atoms with van der Waals surface area (Å²) in [6.07, 6.45) is 0. The number of rotatable bonds is 2. The first kappa shape index (κ1) is 13.1. The van der Waals surface area contributed by atoms with Gasteiger partial charge in [0, 0.05) is 23.8 Å². The van der Waals surface area contributed by atoms with E-state index in [4.69, 9.17) is 5.73 Å². The smallest absolute Gasteiger partial charge is 0.279 e. The summed E-state index contributed by atoms with van der Waals surface area (Å²) in [5.41, 5.74) is 7.73. The number of benzene rings is 2. The Balaban J connectivity index is 2.02. The van der Waals surface area contributed by atoms with Crippen molar-refractivity contribution in [3.05, 3.63) is 54.0 Å². The fourth-order valence-corrected chi connectivity index (χ4v) is 2.16. The fourth-order valence-electron chi connectivity index (χ4n) is 2.16. The Morgan fingerprint density at radius 2 is 2.10 bits per heavy atom. The van der Waals surface area contributed by atoms with Gasteiger partial charge in [0.2, 0.25) is 0 Å². The van der Waals surface area contributed by atoms with Gasteiger partial charge >= 0.3 is 0 Å². The van der Waals surface area contributed by atoms with Gasteiger partial charge in [0.05, 0.1) is 5.52 Å². The Kier molecular flexibility index (Phi) is 3.06. The molecule has 0 unspecified atom stereocenters. The molecular formula is C15H13FN4O. The van der Waals surface area contributed by atoms with Crippen LogP contribution in [0.25, 0.3) is 10.9 Å². The molecule has 5 nitrogen and oxygen atoms in total. The summed E-state index contributed by atoms with van der Waals surface area (Å²) in [4.78, 5) is 13.9. The van der Waals surface area contributed by atoms with Crippen molar-refractivity contribution in [1.82, 2.24) is 10.2 Å². The summed E-state index contributed by atoms with van der Waals surface area (Å²) in [5.74, 6) is -0.735. The largest absolute Gasteiger partial charge is 0.399 e. The first-order valence-corrected chi connectivity index (χ1v) is 6.33. The minimum Gasteiger partial charge on any atom is -0.399 e. The first-order chi connectivity index (χ1) is 10.1. The molecule has 0 fully saturated rings. The number of anilines is 2. The summed E-state index contributed by atoms with van der Waals surface area (Å²) in [6, 6.07) is 11.0. The van der Waals surface area contributed by atoms with Crippen molar-refractivity contribution in [1.29, 1.82) is 0 Å². The number of nitrogen functional groups attached to an aromatic ring is 1. The SMILES string of the molecule is CN(C(=O)c1n[nH]c2ccc(N)cc12)c1cccc(F)c1. The van der Waals surface area contributed by atoms with Gasteiger partial charge in [-0.25, -0.2) is 4.39 Å². The number of hydrogen-bond donors (Lipinski definition) is 2. The summed E-state index contributed by atoms with van der Waals surface area (Å²) in [6.45, 7) is 0. The maximum Gasteiger partial charge on any atom is 0.279 e. The number of carbonyl (C=O) groups is 1. The molecule has 0 atom stereocenters. The van der Waals surface area contributed by atoms with E-state index in [1.165, 1.54) is 17.0 Å². The highest BCUT2D eigenvalue weighted by Crippen LogP contribution is 2.22. The third-order valence-electron chi connectivity index (χ3n) is 3.29. The second-order valence-corrected chi connectivity index (χ2v) is 4.72. The van der Waals surface area contributed by atoms with Crippen molar-refractivity contribution in [3.8, 4) is 0 Å². The molecular weight excluding hydrogens is 271 g/mol. The number of amides is 1. The van der Waals surface area contributed by atoms with Crippen LogP contribution in [-0.4, -0.2) is 23.2 Å². The van der Waals surface area contributed by atoms with Gasteiger partial charge in [-0.1, -0.05) is 6.07 Å². The van der Waals surface area contributed by atoms with Crippen molar-refractivity contribution in [3.63, 3.8) is 0 Å². The number of H-pyrrole nitrogens is 1.